The zero-order valence-corrected chi connectivity index (χ0v) is 23.0. The van der Waals surface area contributed by atoms with Crippen LogP contribution in [0.1, 0.15) is 104 Å². The van der Waals surface area contributed by atoms with Gasteiger partial charge in [0.25, 0.3) is 0 Å². The number of fused-ring (bicyclic) bond motifs is 1. The summed E-state index contributed by atoms with van der Waals surface area (Å²) in [5.41, 5.74) is 1.24. The van der Waals surface area contributed by atoms with Crippen molar-refractivity contribution in [3.05, 3.63) is 29.7 Å². The molecule has 2 heterocycles. The van der Waals surface area contributed by atoms with Crippen molar-refractivity contribution < 1.29 is 22.9 Å². The van der Waals surface area contributed by atoms with E-state index in [0.717, 1.165) is 5.56 Å². The normalized spacial score (nSPS) is 19.6. The Morgan fingerprint density at radius 3 is 2.47 bits per heavy atom. The van der Waals surface area contributed by atoms with Crippen molar-refractivity contribution in [3.63, 3.8) is 0 Å². The minimum absolute atomic E-state index is 0.182. The number of hydrogen-bond acceptors (Lipinski definition) is 6. The van der Waals surface area contributed by atoms with E-state index in [-0.39, 0.29) is 37.6 Å². The van der Waals surface area contributed by atoms with Crippen LogP contribution < -0.4 is 10.0 Å². The van der Waals surface area contributed by atoms with Crippen LogP contribution in [0.25, 0.3) is 5.65 Å². The van der Waals surface area contributed by atoms with Crippen molar-refractivity contribution in [1.82, 2.24) is 24.6 Å². The Morgan fingerprint density at radius 1 is 1.28 bits per heavy atom. The van der Waals surface area contributed by atoms with Gasteiger partial charge >= 0.3 is 6.09 Å². The summed E-state index contributed by atoms with van der Waals surface area (Å²) in [5, 5.41) is 7.36. The summed E-state index contributed by atoms with van der Waals surface area (Å²) >= 11 is -1.26. The highest BCUT2D eigenvalue weighted by Gasteiger charge is 2.40. The number of nitrogens with zero attached hydrogens (tertiary/aromatic N) is 3. The molecule has 11 heteroatoms. The fourth-order valence-electron chi connectivity index (χ4n) is 4.21. The monoisotopic (exact) mass is 527 g/mol. The predicted molar refractivity (Wildman–Crippen MR) is 136 cm³/mol. The highest BCUT2D eigenvalue weighted by Crippen LogP contribution is 2.41. The SMILES string of the molecule is CC[C@@H](N[S+]([O-])C(C)(C)C)c1cnn2cc([C@@H](NC(=O)OC(C)(C)C)C3CCC(F)(F)CC3)nc2c1. The smallest absolute Gasteiger partial charge is 0.408 e. The summed E-state index contributed by atoms with van der Waals surface area (Å²) in [6.07, 6.45) is 3.58. The molecule has 0 aromatic carbocycles. The van der Waals surface area contributed by atoms with E-state index < -0.39 is 39.8 Å². The molecular weight excluding hydrogens is 488 g/mol. The third-order valence-corrected chi connectivity index (χ3v) is 7.81. The molecule has 1 amide bonds. The first kappa shape index (κ1) is 28.6. The van der Waals surface area contributed by atoms with Gasteiger partial charge in [-0.05, 0) is 78.4 Å². The fraction of sp³-hybridized carbons (Fsp3) is 0.720. The van der Waals surface area contributed by atoms with Crippen LogP contribution in [0, 0.1) is 5.92 Å². The van der Waals surface area contributed by atoms with Crippen LogP contribution in [0.5, 0.6) is 0 Å². The molecule has 3 rings (SSSR count). The highest BCUT2D eigenvalue weighted by atomic mass is 32.2. The second-order valence-corrected chi connectivity index (χ2v) is 13.5. The number of halogens is 2. The van der Waals surface area contributed by atoms with Crippen molar-refractivity contribution in [2.24, 2.45) is 5.92 Å². The number of hydrogen-bond donors (Lipinski definition) is 2. The van der Waals surface area contributed by atoms with Gasteiger partial charge in [0, 0.05) is 24.2 Å². The van der Waals surface area contributed by atoms with Crippen molar-refractivity contribution in [1.29, 1.82) is 0 Å². The lowest BCUT2D eigenvalue weighted by molar-refractivity contribution is -0.0500. The third-order valence-electron chi connectivity index (χ3n) is 6.20. The molecule has 0 spiro atoms. The molecule has 36 heavy (non-hydrogen) atoms. The van der Waals surface area contributed by atoms with E-state index in [2.05, 4.69) is 15.1 Å². The third kappa shape index (κ3) is 7.52. The first-order valence-corrected chi connectivity index (χ1v) is 13.6. The average Bonchev–Trinajstić information content (AvgIpc) is 3.17. The predicted octanol–water partition coefficient (Wildman–Crippen LogP) is 5.62. The maximum absolute atomic E-state index is 13.8. The zero-order valence-electron chi connectivity index (χ0n) is 22.2. The van der Waals surface area contributed by atoms with Gasteiger partial charge < -0.3 is 14.6 Å². The fourth-order valence-corrected chi connectivity index (χ4v) is 5.12. The molecule has 1 fully saturated rings. The molecule has 2 aromatic rings. The second-order valence-electron chi connectivity index (χ2n) is 11.5. The number of aromatic nitrogens is 3. The van der Waals surface area contributed by atoms with Crippen molar-refractivity contribution >= 4 is 23.1 Å². The Kier molecular flexibility index (Phi) is 8.57. The van der Waals surface area contributed by atoms with Crippen molar-refractivity contribution in [2.75, 3.05) is 0 Å². The largest absolute Gasteiger partial charge is 0.598 e. The molecule has 0 radical (unpaired) electrons. The van der Waals surface area contributed by atoms with Gasteiger partial charge in [-0.1, -0.05) is 6.92 Å². The maximum Gasteiger partial charge on any atom is 0.408 e. The molecule has 8 nitrogen and oxygen atoms in total. The molecule has 1 aliphatic rings. The van der Waals surface area contributed by atoms with Crippen LogP contribution >= 0.6 is 0 Å². The summed E-state index contributed by atoms with van der Waals surface area (Å²) in [7, 11) is 0. The van der Waals surface area contributed by atoms with Gasteiger partial charge in [-0.2, -0.15) is 5.10 Å². The Hall–Kier alpha value is -1.98. The van der Waals surface area contributed by atoms with Crippen LogP contribution in [0.3, 0.4) is 0 Å². The Morgan fingerprint density at radius 2 is 1.92 bits per heavy atom. The van der Waals surface area contributed by atoms with Gasteiger partial charge in [0.05, 0.1) is 30.2 Å². The number of nitrogens with one attached hydrogen (secondary N) is 2. The van der Waals surface area contributed by atoms with E-state index in [4.69, 9.17) is 9.72 Å². The Labute approximate surface area is 215 Å². The van der Waals surface area contributed by atoms with Crippen LogP contribution in [0.4, 0.5) is 13.6 Å². The molecular formula is C25H39F2N5O3S. The number of alkyl halides is 2. The van der Waals surface area contributed by atoms with Crippen LogP contribution in [-0.4, -0.2) is 41.5 Å². The summed E-state index contributed by atoms with van der Waals surface area (Å²) in [5.74, 6) is -2.89. The van der Waals surface area contributed by atoms with Crippen molar-refractivity contribution in [2.45, 2.75) is 109 Å². The molecule has 2 N–H and O–H groups in total. The molecule has 0 aliphatic heterocycles. The molecule has 2 aromatic heterocycles. The Balaban J connectivity index is 1.89. The van der Waals surface area contributed by atoms with E-state index >= 15 is 0 Å². The lowest BCUT2D eigenvalue weighted by atomic mass is 9.81. The minimum atomic E-state index is -2.68. The van der Waals surface area contributed by atoms with Crippen LogP contribution in [0.2, 0.25) is 0 Å². The number of imidazole rings is 1. The van der Waals surface area contributed by atoms with E-state index in [9.17, 15) is 18.1 Å². The van der Waals surface area contributed by atoms with E-state index in [1.165, 1.54) is 0 Å². The van der Waals surface area contributed by atoms with Crippen molar-refractivity contribution in [3.8, 4) is 0 Å². The number of carbonyl (C=O) groups is 1. The lowest BCUT2D eigenvalue weighted by Crippen LogP contribution is -2.41. The topological polar surface area (TPSA) is 104 Å². The molecule has 202 valence electrons. The van der Waals surface area contributed by atoms with E-state index in [1.54, 1.807) is 37.7 Å². The van der Waals surface area contributed by atoms with Gasteiger partial charge in [0.1, 0.15) is 10.3 Å². The molecule has 1 saturated carbocycles. The zero-order chi connectivity index (χ0) is 26.9. The van der Waals surface area contributed by atoms with Gasteiger partial charge in [-0.15, -0.1) is 4.72 Å². The number of alkyl carbamates (subject to hydrolysis) is 1. The quantitative estimate of drug-likeness (QED) is 0.453. The van der Waals surface area contributed by atoms with E-state index in [1.807, 2.05) is 33.8 Å². The van der Waals surface area contributed by atoms with Crippen LogP contribution in [0.15, 0.2) is 18.5 Å². The molecule has 0 bridgehead atoms. The lowest BCUT2D eigenvalue weighted by Gasteiger charge is -2.33. The van der Waals surface area contributed by atoms with E-state index in [0.29, 0.717) is 17.8 Å². The summed E-state index contributed by atoms with van der Waals surface area (Å²) < 4.78 is 50.1. The number of amides is 1. The first-order chi connectivity index (χ1) is 16.6. The van der Waals surface area contributed by atoms with Gasteiger partial charge in [-0.3, -0.25) is 0 Å². The van der Waals surface area contributed by atoms with Crippen LogP contribution in [-0.2, 0) is 16.1 Å². The number of carbonyl (C=O) groups excluding carboxylic acids is 1. The molecule has 1 aliphatic carbocycles. The molecule has 1 unspecified atom stereocenters. The minimum Gasteiger partial charge on any atom is -0.598 e. The van der Waals surface area contributed by atoms with Gasteiger partial charge in [0.2, 0.25) is 5.92 Å². The van der Waals surface area contributed by atoms with Gasteiger partial charge in [0.15, 0.2) is 5.65 Å². The number of rotatable bonds is 7. The first-order valence-electron chi connectivity index (χ1n) is 12.5. The molecule has 3 atom stereocenters. The van der Waals surface area contributed by atoms with Gasteiger partial charge in [-0.25, -0.2) is 23.1 Å². The summed E-state index contributed by atoms with van der Waals surface area (Å²) in [6.45, 7) is 13.0. The summed E-state index contributed by atoms with van der Waals surface area (Å²) in [6, 6.07) is 1.10. The Bertz CT molecular complexity index is 1040. The maximum atomic E-state index is 13.8. The summed E-state index contributed by atoms with van der Waals surface area (Å²) in [4.78, 5) is 17.3. The highest BCUT2D eigenvalue weighted by molar-refractivity contribution is 7.90. The molecule has 0 saturated heterocycles. The number of ether oxygens (including phenoxy) is 1. The standard InChI is InChI=1S/C25H39F2N5O3S/c1-8-18(31-36(34)24(5,6)7)17-13-20-29-19(15-32(20)28-14-17)21(30-22(33)35-23(2,3)4)16-9-11-25(26,27)12-10-16/h13-16,18,21,31H,8-12H2,1-7H3,(H,30,33)/t18-,21+,36?/m1/s1. The average molecular weight is 528 g/mol. The second kappa shape index (κ2) is 10.8.